The standard InChI is InChI=1S/C20H23N5O4/c1-12-17-18(21-11-22-20(17)29-24-12)25-6-4-5-13(10-25)19(26)23-14-7-15(27-2)9-16(8-14)28-3/h7-9,11,13H,4-6,10H2,1-3H3,(H,23,26)/t13-/m1/s1. The summed E-state index contributed by atoms with van der Waals surface area (Å²) in [6.45, 7) is 3.24. The molecule has 0 bridgehead atoms. The average molecular weight is 397 g/mol. The van der Waals surface area contributed by atoms with Gasteiger partial charge in [-0.15, -0.1) is 0 Å². The number of carbonyl (C=O) groups is 1. The quantitative estimate of drug-likeness (QED) is 0.701. The number of aromatic nitrogens is 3. The zero-order chi connectivity index (χ0) is 20.4. The van der Waals surface area contributed by atoms with E-state index in [1.165, 1.54) is 6.33 Å². The molecule has 1 N–H and O–H groups in total. The molecule has 2 aromatic heterocycles. The Balaban J connectivity index is 1.52. The lowest BCUT2D eigenvalue weighted by Crippen LogP contribution is -2.41. The van der Waals surface area contributed by atoms with Gasteiger partial charge in [0, 0.05) is 37.0 Å². The van der Waals surface area contributed by atoms with Gasteiger partial charge in [-0.2, -0.15) is 4.98 Å². The molecule has 1 aliphatic heterocycles. The molecule has 1 amide bonds. The second-order valence-corrected chi connectivity index (χ2v) is 7.02. The number of amides is 1. The number of nitrogens with zero attached hydrogens (tertiary/aromatic N) is 4. The summed E-state index contributed by atoms with van der Waals surface area (Å²) >= 11 is 0. The Kier molecular flexibility index (Phi) is 5.20. The zero-order valence-corrected chi connectivity index (χ0v) is 16.6. The van der Waals surface area contributed by atoms with E-state index < -0.39 is 0 Å². The Bertz CT molecular complexity index is 1010. The van der Waals surface area contributed by atoms with Crippen LogP contribution in [0.2, 0.25) is 0 Å². The fourth-order valence-corrected chi connectivity index (χ4v) is 3.65. The van der Waals surface area contributed by atoms with E-state index in [0.29, 0.717) is 29.4 Å². The average Bonchev–Trinajstić information content (AvgIpc) is 3.14. The van der Waals surface area contributed by atoms with Crippen LogP contribution in [0.4, 0.5) is 11.5 Å². The third-order valence-electron chi connectivity index (χ3n) is 5.13. The van der Waals surface area contributed by atoms with Crippen molar-refractivity contribution in [1.82, 2.24) is 15.1 Å². The summed E-state index contributed by atoms with van der Waals surface area (Å²) in [5, 5.41) is 7.77. The molecule has 0 radical (unpaired) electrons. The fraction of sp³-hybridized carbons (Fsp3) is 0.400. The van der Waals surface area contributed by atoms with Crippen LogP contribution >= 0.6 is 0 Å². The van der Waals surface area contributed by atoms with Gasteiger partial charge >= 0.3 is 0 Å². The first-order valence-corrected chi connectivity index (χ1v) is 9.45. The summed E-state index contributed by atoms with van der Waals surface area (Å²) in [4.78, 5) is 23.6. The molecular weight excluding hydrogens is 374 g/mol. The van der Waals surface area contributed by atoms with E-state index in [1.807, 2.05) is 6.92 Å². The summed E-state index contributed by atoms with van der Waals surface area (Å²) in [6, 6.07) is 5.31. The Morgan fingerprint density at radius 3 is 2.69 bits per heavy atom. The summed E-state index contributed by atoms with van der Waals surface area (Å²) < 4.78 is 15.8. The second kappa shape index (κ2) is 7.94. The van der Waals surface area contributed by atoms with E-state index in [4.69, 9.17) is 14.0 Å². The lowest BCUT2D eigenvalue weighted by molar-refractivity contribution is -0.120. The van der Waals surface area contributed by atoms with Gasteiger partial charge in [0.15, 0.2) is 0 Å². The van der Waals surface area contributed by atoms with Crippen LogP contribution in [-0.4, -0.2) is 48.3 Å². The lowest BCUT2D eigenvalue weighted by Gasteiger charge is -2.33. The van der Waals surface area contributed by atoms with Crippen molar-refractivity contribution in [2.24, 2.45) is 5.92 Å². The maximum atomic E-state index is 12.9. The largest absolute Gasteiger partial charge is 0.497 e. The van der Waals surface area contributed by atoms with Gasteiger partial charge in [0.2, 0.25) is 5.91 Å². The van der Waals surface area contributed by atoms with Crippen molar-refractivity contribution in [3.05, 3.63) is 30.2 Å². The first-order valence-electron chi connectivity index (χ1n) is 9.45. The molecule has 152 valence electrons. The molecule has 1 atom stereocenters. The van der Waals surface area contributed by atoms with E-state index >= 15 is 0 Å². The summed E-state index contributed by atoms with van der Waals surface area (Å²) in [7, 11) is 3.16. The van der Waals surface area contributed by atoms with Gasteiger partial charge in [0.25, 0.3) is 5.71 Å². The molecule has 4 rings (SSSR count). The number of rotatable bonds is 5. The molecule has 1 saturated heterocycles. The van der Waals surface area contributed by atoms with Crippen LogP contribution in [-0.2, 0) is 4.79 Å². The molecule has 1 aromatic carbocycles. The number of nitrogens with one attached hydrogen (secondary N) is 1. The van der Waals surface area contributed by atoms with Crippen molar-refractivity contribution in [3.63, 3.8) is 0 Å². The predicted molar refractivity (Wildman–Crippen MR) is 107 cm³/mol. The molecule has 1 aliphatic rings. The second-order valence-electron chi connectivity index (χ2n) is 7.02. The number of anilines is 2. The van der Waals surface area contributed by atoms with Gasteiger partial charge < -0.3 is 24.2 Å². The molecule has 0 saturated carbocycles. The van der Waals surface area contributed by atoms with Gasteiger partial charge in [-0.05, 0) is 19.8 Å². The number of methoxy groups -OCH3 is 2. The van der Waals surface area contributed by atoms with Gasteiger partial charge in [0.1, 0.15) is 29.0 Å². The molecule has 0 spiro atoms. The SMILES string of the molecule is COc1cc(NC(=O)[C@@H]2CCCN(c3ncnc4onc(C)c34)C2)cc(OC)c1. The van der Waals surface area contributed by atoms with Crippen LogP contribution < -0.4 is 19.7 Å². The van der Waals surface area contributed by atoms with Crippen LogP contribution in [0, 0.1) is 12.8 Å². The topological polar surface area (TPSA) is 103 Å². The fourth-order valence-electron chi connectivity index (χ4n) is 3.65. The van der Waals surface area contributed by atoms with Crippen molar-refractivity contribution in [1.29, 1.82) is 0 Å². The highest BCUT2D eigenvalue weighted by atomic mass is 16.5. The number of fused-ring (bicyclic) bond motifs is 1. The van der Waals surface area contributed by atoms with Crippen molar-refractivity contribution < 1.29 is 18.8 Å². The molecule has 0 aliphatic carbocycles. The summed E-state index contributed by atoms with van der Waals surface area (Å²) in [5.74, 6) is 1.78. The number of carbonyl (C=O) groups excluding carboxylic acids is 1. The molecular formula is C20H23N5O4. The number of piperidine rings is 1. The highest BCUT2D eigenvalue weighted by Crippen LogP contribution is 2.31. The highest BCUT2D eigenvalue weighted by molar-refractivity contribution is 5.94. The lowest BCUT2D eigenvalue weighted by atomic mass is 9.96. The van der Waals surface area contributed by atoms with Gasteiger partial charge in [-0.25, -0.2) is 4.98 Å². The molecule has 3 aromatic rings. The van der Waals surface area contributed by atoms with Crippen LogP contribution in [0.1, 0.15) is 18.5 Å². The van der Waals surface area contributed by atoms with Crippen LogP contribution in [0.3, 0.4) is 0 Å². The predicted octanol–water partition coefficient (Wildman–Crippen LogP) is 2.80. The number of aryl methyl sites for hydroxylation is 1. The number of ether oxygens (including phenoxy) is 2. The number of hydrogen-bond donors (Lipinski definition) is 1. The Morgan fingerprint density at radius 1 is 1.21 bits per heavy atom. The first kappa shape index (κ1) is 19.0. The van der Waals surface area contributed by atoms with E-state index in [-0.39, 0.29) is 11.8 Å². The number of benzene rings is 1. The molecule has 9 nitrogen and oxygen atoms in total. The molecule has 3 heterocycles. The Morgan fingerprint density at radius 2 is 1.97 bits per heavy atom. The minimum absolute atomic E-state index is 0.0441. The van der Waals surface area contributed by atoms with Gasteiger partial charge in [-0.1, -0.05) is 5.16 Å². The monoisotopic (exact) mass is 397 g/mol. The smallest absolute Gasteiger partial charge is 0.263 e. The highest BCUT2D eigenvalue weighted by Gasteiger charge is 2.28. The zero-order valence-electron chi connectivity index (χ0n) is 16.6. The minimum Gasteiger partial charge on any atom is -0.497 e. The van der Waals surface area contributed by atoms with E-state index in [0.717, 1.165) is 36.3 Å². The maximum absolute atomic E-state index is 12.9. The summed E-state index contributed by atoms with van der Waals surface area (Å²) in [5.41, 5.74) is 1.84. The first-order chi connectivity index (χ1) is 14.1. The van der Waals surface area contributed by atoms with Gasteiger partial charge in [0.05, 0.1) is 25.8 Å². The molecule has 29 heavy (non-hydrogen) atoms. The third-order valence-corrected chi connectivity index (χ3v) is 5.13. The normalized spacial score (nSPS) is 16.7. The van der Waals surface area contributed by atoms with E-state index in [9.17, 15) is 4.79 Å². The van der Waals surface area contributed by atoms with E-state index in [1.54, 1.807) is 32.4 Å². The third kappa shape index (κ3) is 3.80. The molecule has 0 unspecified atom stereocenters. The van der Waals surface area contributed by atoms with Crippen molar-refractivity contribution in [2.75, 3.05) is 37.5 Å². The van der Waals surface area contributed by atoms with Crippen LogP contribution in [0.15, 0.2) is 29.0 Å². The van der Waals surface area contributed by atoms with Crippen LogP contribution in [0.5, 0.6) is 11.5 Å². The molecule has 9 heteroatoms. The minimum atomic E-state index is -0.175. The molecule has 1 fully saturated rings. The maximum Gasteiger partial charge on any atom is 0.263 e. The Labute approximate surface area is 168 Å². The van der Waals surface area contributed by atoms with Crippen molar-refractivity contribution in [3.8, 4) is 11.5 Å². The van der Waals surface area contributed by atoms with Gasteiger partial charge in [-0.3, -0.25) is 4.79 Å². The van der Waals surface area contributed by atoms with E-state index in [2.05, 4.69) is 25.3 Å². The van der Waals surface area contributed by atoms with Crippen molar-refractivity contribution in [2.45, 2.75) is 19.8 Å². The Hall–Kier alpha value is -3.36. The summed E-state index contributed by atoms with van der Waals surface area (Å²) in [6.07, 6.45) is 3.16. The van der Waals surface area contributed by atoms with Crippen molar-refractivity contribution >= 4 is 28.5 Å². The van der Waals surface area contributed by atoms with Crippen LogP contribution in [0.25, 0.3) is 11.1 Å². The number of hydrogen-bond acceptors (Lipinski definition) is 8.